The molecule has 0 atom stereocenters. The zero-order valence-corrected chi connectivity index (χ0v) is 14.8. The Bertz CT molecular complexity index is 1110. The highest BCUT2D eigenvalue weighted by molar-refractivity contribution is 6.05. The van der Waals surface area contributed by atoms with Gasteiger partial charge >= 0.3 is 0 Å². The molecule has 0 radical (unpaired) electrons. The molecule has 0 aromatic carbocycles. The van der Waals surface area contributed by atoms with Crippen LogP contribution in [0.15, 0.2) is 36.7 Å². The van der Waals surface area contributed by atoms with Gasteiger partial charge in [0, 0.05) is 17.9 Å². The van der Waals surface area contributed by atoms with Gasteiger partial charge in [-0.05, 0) is 39.0 Å². The smallest absolute Gasteiger partial charge is 0.252 e. The maximum Gasteiger partial charge on any atom is 0.252 e. The summed E-state index contributed by atoms with van der Waals surface area (Å²) in [5.74, 6) is 0.491. The highest BCUT2D eigenvalue weighted by Crippen LogP contribution is 2.21. The fourth-order valence-corrected chi connectivity index (χ4v) is 2.97. The van der Waals surface area contributed by atoms with Crippen LogP contribution >= 0.6 is 0 Å². The van der Waals surface area contributed by atoms with E-state index in [4.69, 9.17) is 0 Å². The molecule has 0 aliphatic carbocycles. The Hall–Kier alpha value is -3.29. The molecular formula is C18H19N7O. The minimum atomic E-state index is -0.184. The molecule has 0 aliphatic heterocycles. The first kappa shape index (κ1) is 16.2. The molecule has 0 bridgehead atoms. The Morgan fingerprint density at radius 3 is 2.92 bits per heavy atom. The second kappa shape index (κ2) is 6.21. The Balaban J connectivity index is 1.64. The van der Waals surface area contributed by atoms with Gasteiger partial charge in [0.25, 0.3) is 5.91 Å². The molecule has 0 spiro atoms. The van der Waals surface area contributed by atoms with Gasteiger partial charge in [-0.2, -0.15) is 5.10 Å². The minimum Gasteiger partial charge on any atom is -0.345 e. The topological polar surface area (TPSA) is 90.0 Å². The Morgan fingerprint density at radius 1 is 1.27 bits per heavy atom. The summed E-state index contributed by atoms with van der Waals surface area (Å²) in [4.78, 5) is 17.3. The summed E-state index contributed by atoms with van der Waals surface area (Å²) in [6.45, 7) is 6.23. The lowest BCUT2D eigenvalue weighted by atomic mass is 10.1. The van der Waals surface area contributed by atoms with E-state index in [-0.39, 0.29) is 18.5 Å². The SMILES string of the molecule is Cc1cc(C(=O)NCc2nnc3ccccn23)c2cnn(C(C)C)c2n1. The average molecular weight is 349 g/mol. The van der Waals surface area contributed by atoms with Gasteiger partial charge in [0.15, 0.2) is 17.1 Å². The van der Waals surface area contributed by atoms with Crippen molar-refractivity contribution in [2.24, 2.45) is 0 Å². The molecule has 8 nitrogen and oxygen atoms in total. The number of rotatable bonds is 4. The molecule has 4 aromatic heterocycles. The highest BCUT2D eigenvalue weighted by atomic mass is 16.1. The quantitative estimate of drug-likeness (QED) is 0.610. The van der Waals surface area contributed by atoms with Gasteiger partial charge in [0.05, 0.1) is 23.7 Å². The van der Waals surface area contributed by atoms with Gasteiger partial charge in [0.1, 0.15) is 0 Å². The maximum atomic E-state index is 12.8. The van der Waals surface area contributed by atoms with Crippen LogP contribution in [0.2, 0.25) is 0 Å². The van der Waals surface area contributed by atoms with Crippen LogP contribution in [-0.2, 0) is 6.54 Å². The Morgan fingerprint density at radius 2 is 2.12 bits per heavy atom. The van der Waals surface area contributed by atoms with Gasteiger partial charge < -0.3 is 5.32 Å². The number of amides is 1. The van der Waals surface area contributed by atoms with E-state index in [1.54, 1.807) is 12.3 Å². The first-order chi connectivity index (χ1) is 12.5. The van der Waals surface area contributed by atoms with Crippen molar-refractivity contribution < 1.29 is 4.79 Å². The molecule has 0 aliphatic rings. The summed E-state index contributed by atoms with van der Waals surface area (Å²) in [6, 6.07) is 7.62. The molecule has 4 aromatic rings. The summed E-state index contributed by atoms with van der Waals surface area (Å²) in [6.07, 6.45) is 3.57. The molecule has 26 heavy (non-hydrogen) atoms. The third-order valence-electron chi connectivity index (χ3n) is 4.22. The standard InChI is InChI=1S/C18H19N7O/c1-11(2)25-17-14(9-20-25)13(8-12(3)21-17)18(26)19-10-16-23-22-15-6-4-5-7-24(15)16/h4-9,11H,10H2,1-3H3,(H,19,26). The van der Waals surface area contributed by atoms with Gasteiger partial charge in [-0.1, -0.05) is 6.07 Å². The van der Waals surface area contributed by atoms with Gasteiger partial charge in [-0.15, -0.1) is 10.2 Å². The van der Waals surface area contributed by atoms with Crippen LogP contribution in [0.5, 0.6) is 0 Å². The third-order valence-corrected chi connectivity index (χ3v) is 4.22. The molecule has 132 valence electrons. The lowest BCUT2D eigenvalue weighted by Gasteiger charge is -2.09. The van der Waals surface area contributed by atoms with Crippen molar-refractivity contribution in [3.8, 4) is 0 Å². The zero-order chi connectivity index (χ0) is 18.3. The van der Waals surface area contributed by atoms with Crippen LogP contribution in [0, 0.1) is 6.92 Å². The van der Waals surface area contributed by atoms with Crippen LogP contribution in [0.25, 0.3) is 16.7 Å². The van der Waals surface area contributed by atoms with Crippen molar-refractivity contribution >= 4 is 22.6 Å². The van der Waals surface area contributed by atoms with Crippen LogP contribution in [-0.4, -0.2) is 35.3 Å². The Kier molecular flexibility index (Phi) is 3.87. The summed E-state index contributed by atoms with van der Waals surface area (Å²) in [7, 11) is 0. The van der Waals surface area contributed by atoms with E-state index in [2.05, 4.69) is 25.6 Å². The minimum absolute atomic E-state index is 0.167. The number of carbonyl (C=O) groups excluding carboxylic acids is 1. The second-order valence-corrected chi connectivity index (χ2v) is 6.46. The number of nitrogens with one attached hydrogen (secondary N) is 1. The van der Waals surface area contributed by atoms with Crippen LogP contribution in [0.1, 0.15) is 41.8 Å². The van der Waals surface area contributed by atoms with Crippen LogP contribution in [0.4, 0.5) is 0 Å². The number of hydrogen-bond donors (Lipinski definition) is 1. The molecule has 0 saturated heterocycles. The number of aromatic nitrogens is 6. The maximum absolute atomic E-state index is 12.8. The van der Waals surface area contributed by atoms with Crippen molar-refractivity contribution in [2.45, 2.75) is 33.4 Å². The number of pyridine rings is 2. The summed E-state index contributed by atoms with van der Waals surface area (Å²) in [5.41, 5.74) is 2.81. The van der Waals surface area contributed by atoms with E-state index in [0.717, 1.165) is 22.4 Å². The van der Waals surface area contributed by atoms with Crippen LogP contribution in [0.3, 0.4) is 0 Å². The fraction of sp³-hybridized carbons (Fsp3) is 0.278. The lowest BCUT2D eigenvalue weighted by Crippen LogP contribution is -2.24. The molecule has 1 amide bonds. The van der Waals surface area contributed by atoms with Crippen molar-refractivity contribution in [1.29, 1.82) is 0 Å². The number of hydrogen-bond acceptors (Lipinski definition) is 5. The van der Waals surface area contributed by atoms with Crippen molar-refractivity contribution in [2.75, 3.05) is 0 Å². The average Bonchev–Trinajstić information content (AvgIpc) is 3.23. The predicted octanol–water partition coefficient (Wildman–Crippen LogP) is 2.29. The van der Waals surface area contributed by atoms with E-state index in [1.165, 1.54) is 0 Å². The largest absolute Gasteiger partial charge is 0.345 e. The normalized spacial score (nSPS) is 11.5. The third kappa shape index (κ3) is 2.69. The molecule has 0 fully saturated rings. The molecule has 4 rings (SSSR count). The van der Waals surface area contributed by atoms with E-state index in [1.807, 2.05) is 54.2 Å². The fourth-order valence-electron chi connectivity index (χ4n) is 2.97. The van der Waals surface area contributed by atoms with E-state index in [9.17, 15) is 4.79 Å². The monoisotopic (exact) mass is 349 g/mol. The predicted molar refractivity (Wildman–Crippen MR) is 96.8 cm³/mol. The molecular weight excluding hydrogens is 330 g/mol. The summed E-state index contributed by atoms with van der Waals surface area (Å²) < 4.78 is 3.68. The van der Waals surface area contributed by atoms with Gasteiger partial charge in [-0.3, -0.25) is 9.20 Å². The van der Waals surface area contributed by atoms with Crippen molar-refractivity contribution in [1.82, 2.24) is 34.7 Å². The number of fused-ring (bicyclic) bond motifs is 2. The van der Waals surface area contributed by atoms with Crippen molar-refractivity contribution in [3.05, 3.63) is 53.7 Å². The van der Waals surface area contributed by atoms with E-state index < -0.39 is 0 Å². The molecule has 4 heterocycles. The highest BCUT2D eigenvalue weighted by Gasteiger charge is 2.17. The summed E-state index contributed by atoms with van der Waals surface area (Å²) in [5, 5.41) is 16.3. The zero-order valence-electron chi connectivity index (χ0n) is 14.8. The molecule has 0 unspecified atom stereocenters. The number of nitrogens with zero attached hydrogens (tertiary/aromatic N) is 6. The number of carbonyl (C=O) groups is 1. The molecule has 0 saturated carbocycles. The first-order valence-electron chi connectivity index (χ1n) is 8.46. The van der Waals surface area contributed by atoms with Gasteiger partial charge in [-0.25, -0.2) is 9.67 Å². The second-order valence-electron chi connectivity index (χ2n) is 6.46. The molecule has 8 heteroatoms. The van der Waals surface area contributed by atoms with Crippen LogP contribution < -0.4 is 5.32 Å². The summed E-state index contributed by atoms with van der Waals surface area (Å²) >= 11 is 0. The first-order valence-corrected chi connectivity index (χ1v) is 8.46. The van der Waals surface area contributed by atoms with Gasteiger partial charge in [0.2, 0.25) is 0 Å². The van der Waals surface area contributed by atoms with E-state index in [0.29, 0.717) is 11.4 Å². The van der Waals surface area contributed by atoms with E-state index >= 15 is 0 Å². The van der Waals surface area contributed by atoms with Crippen molar-refractivity contribution in [3.63, 3.8) is 0 Å². The number of aryl methyl sites for hydroxylation is 1. The Labute approximate surface area is 149 Å². The lowest BCUT2D eigenvalue weighted by molar-refractivity contribution is 0.0951. The molecule has 1 N–H and O–H groups in total.